The van der Waals surface area contributed by atoms with Gasteiger partial charge in [0.25, 0.3) is 0 Å². The molecule has 1 heterocycles. The summed E-state index contributed by atoms with van der Waals surface area (Å²) in [7, 11) is 0. The van der Waals surface area contributed by atoms with E-state index in [9.17, 15) is 4.79 Å². The van der Waals surface area contributed by atoms with Crippen molar-refractivity contribution in [1.82, 2.24) is 5.32 Å². The highest BCUT2D eigenvalue weighted by Gasteiger charge is 2.39. The van der Waals surface area contributed by atoms with Crippen LogP contribution in [0.4, 0.5) is 0 Å². The van der Waals surface area contributed by atoms with Crippen LogP contribution in [0.25, 0.3) is 0 Å². The molecule has 1 aliphatic rings. The highest BCUT2D eigenvalue weighted by atomic mass is 35.5. The van der Waals surface area contributed by atoms with E-state index >= 15 is 0 Å². The Labute approximate surface area is 169 Å². The Morgan fingerprint density at radius 1 is 1.26 bits per heavy atom. The van der Waals surface area contributed by atoms with Gasteiger partial charge >= 0.3 is 0 Å². The van der Waals surface area contributed by atoms with Gasteiger partial charge in [-0.3, -0.25) is 4.79 Å². The van der Waals surface area contributed by atoms with E-state index in [0.717, 1.165) is 5.75 Å². The van der Waals surface area contributed by atoms with Crippen LogP contribution in [0.5, 0.6) is 5.75 Å². The molecule has 1 aliphatic heterocycles. The van der Waals surface area contributed by atoms with Crippen molar-refractivity contribution in [2.24, 2.45) is 17.1 Å². The lowest BCUT2D eigenvalue weighted by Gasteiger charge is -2.36. The Kier molecular flexibility index (Phi) is 9.06. The number of benzene rings is 1. The zero-order valence-corrected chi connectivity index (χ0v) is 17.9. The SMILES string of the molecule is CC(C)COc1ccc(C(C)(C)CNC(=O)C2(CN)CCOCC2)cc1.Cl. The second-order valence-corrected chi connectivity index (χ2v) is 8.39. The van der Waals surface area contributed by atoms with Crippen molar-refractivity contribution in [3.63, 3.8) is 0 Å². The van der Waals surface area contributed by atoms with Crippen LogP contribution in [0.15, 0.2) is 24.3 Å². The molecule has 1 aromatic rings. The van der Waals surface area contributed by atoms with Gasteiger partial charge in [-0.05, 0) is 36.5 Å². The largest absolute Gasteiger partial charge is 0.493 e. The van der Waals surface area contributed by atoms with Crippen LogP contribution in [0.3, 0.4) is 0 Å². The van der Waals surface area contributed by atoms with E-state index in [0.29, 0.717) is 51.7 Å². The second-order valence-electron chi connectivity index (χ2n) is 8.39. The number of amides is 1. The van der Waals surface area contributed by atoms with Crippen LogP contribution < -0.4 is 15.8 Å². The maximum absolute atomic E-state index is 12.8. The van der Waals surface area contributed by atoms with E-state index in [4.69, 9.17) is 15.2 Å². The molecule has 27 heavy (non-hydrogen) atoms. The molecule has 1 saturated heterocycles. The number of hydrogen-bond donors (Lipinski definition) is 2. The number of carbonyl (C=O) groups excluding carboxylic acids is 1. The zero-order valence-electron chi connectivity index (χ0n) is 17.0. The molecule has 0 saturated carbocycles. The number of hydrogen-bond acceptors (Lipinski definition) is 4. The summed E-state index contributed by atoms with van der Waals surface area (Å²) in [5, 5.41) is 3.13. The molecule has 3 N–H and O–H groups in total. The quantitative estimate of drug-likeness (QED) is 0.704. The van der Waals surface area contributed by atoms with Crippen molar-refractivity contribution in [1.29, 1.82) is 0 Å². The number of carbonyl (C=O) groups is 1. The number of nitrogens with two attached hydrogens (primary N) is 1. The van der Waals surface area contributed by atoms with E-state index in [-0.39, 0.29) is 23.7 Å². The van der Waals surface area contributed by atoms with E-state index in [1.54, 1.807) is 0 Å². The third-order valence-electron chi connectivity index (χ3n) is 5.23. The molecule has 0 aromatic heterocycles. The first-order valence-corrected chi connectivity index (χ1v) is 9.58. The standard InChI is InChI=1S/C21H34N2O3.ClH/c1-16(2)13-26-18-7-5-17(6-8-18)20(3,4)15-23-19(24)21(14-22)9-11-25-12-10-21;/h5-8,16H,9-15,22H2,1-4H3,(H,23,24);1H. The lowest BCUT2D eigenvalue weighted by molar-refractivity contribution is -0.136. The fraction of sp³-hybridized carbons (Fsp3) is 0.667. The molecule has 0 unspecified atom stereocenters. The highest BCUT2D eigenvalue weighted by molar-refractivity contribution is 5.85. The van der Waals surface area contributed by atoms with Crippen molar-refractivity contribution in [2.75, 3.05) is 32.9 Å². The van der Waals surface area contributed by atoms with E-state index in [2.05, 4.69) is 45.1 Å². The molecule has 1 aromatic carbocycles. The fourth-order valence-corrected chi connectivity index (χ4v) is 3.14. The number of rotatable bonds is 8. The Morgan fingerprint density at radius 2 is 1.85 bits per heavy atom. The third-order valence-corrected chi connectivity index (χ3v) is 5.23. The summed E-state index contributed by atoms with van der Waals surface area (Å²) in [6.07, 6.45) is 1.38. The topological polar surface area (TPSA) is 73.6 Å². The van der Waals surface area contributed by atoms with Crippen molar-refractivity contribution in [3.8, 4) is 5.75 Å². The van der Waals surface area contributed by atoms with E-state index in [1.807, 2.05) is 12.1 Å². The van der Waals surface area contributed by atoms with Gasteiger partial charge in [-0.15, -0.1) is 12.4 Å². The molecular weight excluding hydrogens is 364 g/mol. The average Bonchev–Trinajstić information content (AvgIpc) is 2.65. The summed E-state index contributed by atoms with van der Waals surface area (Å²) in [6.45, 7) is 11.4. The third kappa shape index (κ3) is 6.37. The first-order chi connectivity index (χ1) is 12.3. The maximum Gasteiger partial charge on any atom is 0.227 e. The van der Waals surface area contributed by atoms with Crippen molar-refractivity contribution < 1.29 is 14.3 Å². The van der Waals surface area contributed by atoms with Gasteiger partial charge in [0.05, 0.1) is 12.0 Å². The minimum atomic E-state index is -0.483. The summed E-state index contributed by atoms with van der Waals surface area (Å²) in [5.41, 5.74) is 6.44. The van der Waals surface area contributed by atoms with Crippen molar-refractivity contribution in [3.05, 3.63) is 29.8 Å². The van der Waals surface area contributed by atoms with Gasteiger partial charge in [-0.25, -0.2) is 0 Å². The first-order valence-electron chi connectivity index (χ1n) is 9.58. The summed E-state index contributed by atoms with van der Waals surface area (Å²) in [5.74, 6) is 1.43. The Bertz CT molecular complexity index is 582. The lowest BCUT2D eigenvalue weighted by Crippen LogP contribution is -2.51. The second kappa shape index (κ2) is 10.3. The summed E-state index contributed by atoms with van der Waals surface area (Å²) in [6, 6.07) is 8.16. The maximum atomic E-state index is 12.8. The monoisotopic (exact) mass is 398 g/mol. The summed E-state index contributed by atoms with van der Waals surface area (Å²) >= 11 is 0. The Morgan fingerprint density at radius 3 is 2.37 bits per heavy atom. The van der Waals surface area contributed by atoms with Gasteiger partial charge in [0.1, 0.15) is 5.75 Å². The smallest absolute Gasteiger partial charge is 0.227 e. The fourth-order valence-electron chi connectivity index (χ4n) is 3.14. The van der Waals surface area contributed by atoms with Gasteiger partial charge in [0.2, 0.25) is 5.91 Å². The predicted molar refractivity (Wildman–Crippen MR) is 112 cm³/mol. The molecule has 1 amide bonds. The highest BCUT2D eigenvalue weighted by Crippen LogP contribution is 2.30. The Hall–Kier alpha value is -1.30. The van der Waals surface area contributed by atoms with Crippen LogP contribution in [0.2, 0.25) is 0 Å². The molecule has 1 fully saturated rings. The average molecular weight is 399 g/mol. The zero-order chi connectivity index (χ0) is 19.2. The van der Waals surface area contributed by atoms with Crippen LogP contribution in [0, 0.1) is 11.3 Å². The number of ether oxygens (including phenoxy) is 2. The minimum absolute atomic E-state index is 0. The lowest BCUT2D eigenvalue weighted by atomic mass is 9.78. The van der Waals surface area contributed by atoms with Gasteiger partial charge in [0, 0.05) is 31.7 Å². The normalized spacial score (nSPS) is 16.5. The van der Waals surface area contributed by atoms with Crippen LogP contribution in [-0.4, -0.2) is 38.8 Å². The van der Waals surface area contributed by atoms with Gasteiger partial charge in [-0.1, -0.05) is 39.8 Å². The summed E-state index contributed by atoms with van der Waals surface area (Å²) < 4.78 is 11.1. The molecule has 0 radical (unpaired) electrons. The molecule has 154 valence electrons. The van der Waals surface area contributed by atoms with Crippen LogP contribution in [0.1, 0.15) is 46.1 Å². The van der Waals surface area contributed by atoms with Gasteiger partial charge in [0.15, 0.2) is 0 Å². The molecule has 6 heteroatoms. The molecule has 0 aliphatic carbocycles. The predicted octanol–water partition coefficient (Wildman–Crippen LogP) is 3.29. The Balaban J connectivity index is 0.00000364. The van der Waals surface area contributed by atoms with Crippen LogP contribution in [-0.2, 0) is 14.9 Å². The molecular formula is C21H35ClN2O3. The molecule has 0 atom stereocenters. The van der Waals surface area contributed by atoms with E-state index < -0.39 is 5.41 Å². The number of halogens is 1. The minimum Gasteiger partial charge on any atom is -0.493 e. The molecule has 0 bridgehead atoms. The molecule has 2 rings (SSSR count). The van der Waals surface area contributed by atoms with Crippen LogP contribution >= 0.6 is 12.4 Å². The van der Waals surface area contributed by atoms with Gasteiger partial charge < -0.3 is 20.5 Å². The van der Waals surface area contributed by atoms with Crippen molar-refractivity contribution in [2.45, 2.75) is 46.0 Å². The summed E-state index contributed by atoms with van der Waals surface area (Å²) in [4.78, 5) is 12.8. The first kappa shape index (κ1) is 23.7. The van der Waals surface area contributed by atoms with E-state index in [1.165, 1.54) is 5.56 Å². The van der Waals surface area contributed by atoms with Crippen molar-refractivity contribution >= 4 is 18.3 Å². The molecule has 0 spiro atoms. The molecule has 5 nitrogen and oxygen atoms in total. The van der Waals surface area contributed by atoms with Gasteiger partial charge in [-0.2, -0.15) is 0 Å². The number of nitrogens with one attached hydrogen (secondary N) is 1.